The maximum Gasteiger partial charge on any atom is 0.0648 e. The maximum absolute atomic E-state index is 4.29. The van der Waals surface area contributed by atoms with Crippen LogP contribution in [0.25, 0.3) is 5.69 Å². The van der Waals surface area contributed by atoms with Crippen molar-refractivity contribution in [1.29, 1.82) is 0 Å². The molecule has 18 heavy (non-hydrogen) atoms. The second kappa shape index (κ2) is 6.16. The molecule has 0 radical (unpaired) electrons. The van der Waals surface area contributed by atoms with Gasteiger partial charge in [-0.05, 0) is 59.1 Å². The van der Waals surface area contributed by atoms with Gasteiger partial charge in [0.1, 0.15) is 0 Å². The number of hydrogen-bond acceptors (Lipinski definition) is 2. The quantitative estimate of drug-likeness (QED) is 0.858. The van der Waals surface area contributed by atoms with E-state index >= 15 is 0 Å². The van der Waals surface area contributed by atoms with Crippen LogP contribution in [0.3, 0.4) is 0 Å². The summed E-state index contributed by atoms with van der Waals surface area (Å²) in [4.78, 5) is 0. The molecule has 0 spiro atoms. The zero-order chi connectivity index (χ0) is 13.0. The smallest absolute Gasteiger partial charge is 0.0648 e. The molecule has 0 saturated carbocycles. The molecular formula is C14H18BrN3. The highest BCUT2D eigenvalue weighted by atomic mass is 79.9. The van der Waals surface area contributed by atoms with E-state index in [2.05, 4.69) is 58.4 Å². The first kappa shape index (κ1) is 13.3. The molecule has 2 aromatic rings. The van der Waals surface area contributed by atoms with Crippen LogP contribution in [0.15, 0.2) is 35.1 Å². The molecule has 0 aliphatic rings. The zero-order valence-electron chi connectivity index (χ0n) is 10.8. The summed E-state index contributed by atoms with van der Waals surface area (Å²) in [5.74, 6) is 0. The summed E-state index contributed by atoms with van der Waals surface area (Å²) in [6.07, 6.45) is 4.92. The standard InChI is InChI=1S/C14H18BrN3/c1-3-6-16-8-12-4-5-14(7-11(12)2)18-10-13(15)9-17-18/h4-5,7,9-10,16H,3,6,8H2,1-2H3. The van der Waals surface area contributed by atoms with Crippen molar-refractivity contribution in [2.75, 3.05) is 6.54 Å². The van der Waals surface area contributed by atoms with Crippen LogP contribution in [0.4, 0.5) is 0 Å². The van der Waals surface area contributed by atoms with Gasteiger partial charge in [0.25, 0.3) is 0 Å². The van der Waals surface area contributed by atoms with E-state index in [-0.39, 0.29) is 0 Å². The average molecular weight is 308 g/mol. The topological polar surface area (TPSA) is 29.9 Å². The largest absolute Gasteiger partial charge is 0.313 e. The van der Waals surface area contributed by atoms with Crippen LogP contribution in [-0.4, -0.2) is 16.3 Å². The molecule has 0 aliphatic carbocycles. The fraction of sp³-hybridized carbons (Fsp3) is 0.357. The van der Waals surface area contributed by atoms with Gasteiger partial charge >= 0.3 is 0 Å². The summed E-state index contributed by atoms with van der Waals surface area (Å²) in [5, 5.41) is 7.71. The molecule has 0 atom stereocenters. The van der Waals surface area contributed by atoms with Crippen LogP contribution >= 0.6 is 15.9 Å². The molecule has 0 aliphatic heterocycles. The lowest BCUT2D eigenvalue weighted by Gasteiger charge is -2.09. The van der Waals surface area contributed by atoms with Crippen LogP contribution in [-0.2, 0) is 6.54 Å². The second-order valence-corrected chi connectivity index (χ2v) is 5.31. The van der Waals surface area contributed by atoms with E-state index in [0.717, 1.165) is 23.2 Å². The third kappa shape index (κ3) is 3.21. The predicted molar refractivity (Wildman–Crippen MR) is 78.0 cm³/mol. The molecular weight excluding hydrogens is 290 g/mol. The van der Waals surface area contributed by atoms with Gasteiger partial charge in [0.05, 0.1) is 16.4 Å². The first-order valence-corrected chi connectivity index (χ1v) is 7.01. The first-order chi connectivity index (χ1) is 8.70. The minimum atomic E-state index is 0.933. The Balaban J connectivity index is 2.14. The van der Waals surface area contributed by atoms with Crippen molar-refractivity contribution in [2.45, 2.75) is 26.8 Å². The average Bonchev–Trinajstić information content (AvgIpc) is 2.78. The molecule has 4 heteroatoms. The Morgan fingerprint density at radius 3 is 2.83 bits per heavy atom. The molecule has 2 rings (SSSR count). The number of nitrogens with zero attached hydrogens (tertiary/aromatic N) is 2. The summed E-state index contributed by atoms with van der Waals surface area (Å²) in [6.45, 7) is 6.32. The molecule has 0 unspecified atom stereocenters. The Kier molecular flexibility index (Phi) is 4.55. The van der Waals surface area contributed by atoms with E-state index in [4.69, 9.17) is 0 Å². The monoisotopic (exact) mass is 307 g/mol. The molecule has 96 valence electrons. The number of hydrogen-bond donors (Lipinski definition) is 1. The third-order valence-electron chi connectivity index (χ3n) is 2.88. The number of rotatable bonds is 5. The zero-order valence-corrected chi connectivity index (χ0v) is 12.4. The van der Waals surface area contributed by atoms with Crippen LogP contribution in [0.2, 0.25) is 0 Å². The van der Waals surface area contributed by atoms with E-state index in [1.807, 2.05) is 10.9 Å². The van der Waals surface area contributed by atoms with Crippen molar-refractivity contribution in [3.05, 3.63) is 46.2 Å². The van der Waals surface area contributed by atoms with E-state index in [0.29, 0.717) is 0 Å². The van der Waals surface area contributed by atoms with E-state index in [1.165, 1.54) is 17.5 Å². The van der Waals surface area contributed by atoms with E-state index in [1.54, 1.807) is 6.20 Å². The lowest BCUT2D eigenvalue weighted by atomic mass is 10.1. The Labute approximate surface area is 116 Å². The number of halogens is 1. The van der Waals surface area contributed by atoms with Gasteiger partial charge in [-0.2, -0.15) is 5.10 Å². The molecule has 0 bridgehead atoms. The highest BCUT2D eigenvalue weighted by molar-refractivity contribution is 9.10. The van der Waals surface area contributed by atoms with Gasteiger partial charge in [0.15, 0.2) is 0 Å². The second-order valence-electron chi connectivity index (χ2n) is 4.39. The molecule has 3 nitrogen and oxygen atoms in total. The number of aryl methyl sites for hydroxylation is 1. The number of benzene rings is 1. The molecule has 1 aromatic carbocycles. The molecule has 1 aromatic heterocycles. The third-order valence-corrected chi connectivity index (χ3v) is 3.29. The molecule has 0 fully saturated rings. The van der Waals surface area contributed by atoms with Gasteiger partial charge in [-0.3, -0.25) is 0 Å². The Morgan fingerprint density at radius 1 is 1.39 bits per heavy atom. The van der Waals surface area contributed by atoms with Crippen molar-refractivity contribution < 1.29 is 0 Å². The summed E-state index contributed by atoms with van der Waals surface area (Å²) in [5.41, 5.74) is 3.73. The van der Waals surface area contributed by atoms with Crippen molar-refractivity contribution in [3.63, 3.8) is 0 Å². The van der Waals surface area contributed by atoms with Crippen molar-refractivity contribution in [3.8, 4) is 5.69 Å². The van der Waals surface area contributed by atoms with Crippen molar-refractivity contribution in [2.24, 2.45) is 0 Å². The number of nitrogens with one attached hydrogen (secondary N) is 1. The Bertz CT molecular complexity index is 520. The maximum atomic E-state index is 4.29. The molecule has 1 heterocycles. The Hall–Kier alpha value is -1.13. The van der Waals surface area contributed by atoms with Crippen LogP contribution < -0.4 is 5.32 Å². The lowest BCUT2D eigenvalue weighted by molar-refractivity contribution is 0.673. The van der Waals surface area contributed by atoms with Crippen LogP contribution in [0, 0.1) is 6.92 Å². The first-order valence-electron chi connectivity index (χ1n) is 6.21. The highest BCUT2D eigenvalue weighted by Crippen LogP contribution is 2.16. The van der Waals surface area contributed by atoms with Gasteiger partial charge in [-0.15, -0.1) is 0 Å². The van der Waals surface area contributed by atoms with E-state index in [9.17, 15) is 0 Å². The fourth-order valence-electron chi connectivity index (χ4n) is 1.86. The summed E-state index contributed by atoms with van der Waals surface area (Å²) < 4.78 is 2.87. The normalized spacial score (nSPS) is 10.8. The summed E-state index contributed by atoms with van der Waals surface area (Å²) >= 11 is 3.41. The highest BCUT2D eigenvalue weighted by Gasteiger charge is 2.03. The van der Waals surface area contributed by atoms with Crippen LogP contribution in [0.5, 0.6) is 0 Å². The molecule has 0 saturated heterocycles. The van der Waals surface area contributed by atoms with Gasteiger partial charge in [-0.25, -0.2) is 4.68 Å². The van der Waals surface area contributed by atoms with Gasteiger partial charge in [0, 0.05) is 12.7 Å². The Morgan fingerprint density at radius 2 is 2.22 bits per heavy atom. The minimum Gasteiger partial charge on any atom is -0.313 e. The van der Waals surface area contributed by atoms with Gasteiger partial charge in [0.2, 0.25) is 0 Å². The summed E-state index contributed by atoms with van der Waals surface area (Å²) in [6, 6.07) is 6.45. The van der Waals surface area contributed by atoms with E-state index < -0.39 is 0 Å². The van der Waals surface area contributed by atoms with Gasteiger partial charge in [-0.1, -0.05) is 13.0 Å². The minimum absolute atomic E-state index is 0.933. The predicted octanol–water partition coefficient (Wildman–Crippen LogP) is 3.44. The molecule has 0 amide bonds. The lowest BCUT2D eigenvalue weighted by Crippen LogP contribution is -2.14. The van der Waals surface area contributed by atoms with Crippen molar-refractivity contribution in [1.82, 2.24) is 15.1 Å². The fourth-order valence-corrected chi connectivity index (χ4v) is 2.15. The van der Waals surface area contributed by atoms with Crippen LogP contribution in [0.1, 0.15) is 24.5 Å². The SMILES string of the molecule is CCCNCc1ccc(-n2cc(Br)cn2)cc1C. The molecule has 1 N–H and O–H groups in total. The van der Waals surface area contributed by atoms with Gasteiger partial charge < -0.3 is 5.32 Å². The van der Waals surface area contributed by atoms with Crippen molar-refractivity contribution >= 4 is 15.9 Å². The summed E-state index contributed by atoms with van der Waals surface area (Å²) in [7, 11) is 0. The number of aromatic nitrogens is 2.